The SMILES string of the molecule is COC(=O)[C@H](Cc1ccccc1)NC(=O)[C@H](CCSC)NC(=O)c1cn(C[C@@H]2N3C(=O)C(Br)(Br)[C@H]3SC2(C)C)nn1. The number of amides is 3. The van der Waals surface area contributed by atoms with Gasteiger partial charge in [0.1, 0.15) is 17.5 Å². The van der Waals surface area contributed by atoms with Crippen molar-refractivity contribution in [2.75, 3.05) is 19.1 Å². The van der Waals surface area contributed by atoms with Crippen molar-refractivity contribution in [2.24, 2.45) is 0 Å². The molecule has 0 bridgehead atoms. The van der Waals surface area contributed by atoms with Crippen LogP contribution in [0.3, 0.4) is 0 Å². The van der Waals surface area contributed by atoms with Crippen LogP contribution in [0.25, 0.3) is 0 Å². The van der Waals surface area contributed by atoms with Crippen molar-refractivity contribution in [1.29, 1.82) is 0 Å². The quantitative estimate of drug-likeness (QED) is 0.192. The zero-order valence-corrected chi connectivity index (χ0v) is 27.8. The van der Waals surface area contributed by atoms with Crippen molar-refractivity contribution in [2.45, 2.75) is 64.7 Å². The molecule has 3 heterocycles. The van der Waals surface area contributed by atoms with Crippen LogP contribution >= 0.6 is 55.4 Å². The van der Waals surface area contributed by atoms with Crippen molar-refractivity contribution in [3.05, 3.63) is 47.8 Å². The van der Waals surface area contributed by atoms with E-state index in [1.54, 1.807) is 16.4 Å². The first-order valence-corrected chi connectivity index (χ1v) is 16.8. The molecule has 0 unspecified atom stereocenters. The highest BCUT2D eigenvalue weighted by Gasteiger charge is 2.68. The summed E-state index contributed by atoms with van der Waals surface area (Å²) < 4.78 is 5.42. The summed E-state index contributed by atoms with van der Waals surface area (Å²) in [6.07, 6.45) is 4.01. The second-order valence-corrected chi connectivity index (χ2v) is 16.6. The molecule has 0 aliphatic carbocycles. The van der Waals surface area contributed by atoms with Crippen LogP contribution in [0.1, 0.15) is 36.3 Å². The normalized spacial score (nSPS) is 21.8. The number of β-lactam (4-membered cyclic amide) rings is 1. The van der Waals surface area contributed by atoms with Crippen molar-refractivity contribution in [3.63, 3.8) is 0 Å². The number of thioether (sulfide) groups is 2. The van der Waals surface area contributed by atoms with Crippen LogP contribution in [0.2, 0.25) is 0 Å². The molecule has 15 heteroatoms. The Kier molecular flexibility index (Phi) is 10.1. The number of carbonyl (C=O) groups excluding carboxylic acids is 4. The van der Waals surface area contributed by atoms with Crippen LogP contribution in [-0.4, -0.2) is 94.2 Å². The summed E-state index contributed by atoms with van der Waals surface area (Å²) in [7, 11) is 1.27. The topological polar surface area (TPSA) is 136 Å². The van der Waals surface area contributed by atoms with Crippen molar-refractivity contribution >= 4 is 79.1 Å². The minimum atomic E-state index is -0.914. The fraction of sp³-hybridized carbons (Fsp3) is 0.538. The number of halogens is 2. The molecule has 2 aromatic rings. The van der Waals surface area contributed by atoms with Gasteiger partial charge in [-0.15, -0.1) is 16.9 Å². The molecule has 0 saturated carbocycles. The molecule has 41 heavy (non-hydrogen) atoms. The summed E-state index contributed by atoms with van der Waals surface area (Å²) in [6.45, 7) is 4.50. The van der Waals surface area contributed by atoms with Gasteiger partial charge in [-0.05, 0) is 37.8 Å². The molecule has 4 rings (SSSR count). The molecule has 1 aromatic carbocycles. The van der Waals surface area contributed by atoms with E-state index < -0.39 is 33.1 Å². The predicted octanol–water partition coefficient (Wildman–Crippen LogP) is 2.58. The summed E-state index contributed by atoms with van der Waals surface area (Å²) in [5, 5.41) is 13.6. The highest BCUT2D eigenvalue weighted by molar-refractivity contribution is 9.26. The summed E-state index contributed by atoms with van der Waals surface area (Å²) in [4.78, 5) is 53.4. The van der Waals surface area contributed by atoms with Gasteiger partial charge in [0, 0.05) is 11.2 Å². The van der Waals surface area contributed by atoms with E-state index in [4.69, 9.17) is 4.74 Å². The Morgan fingerprint density at radius 3 is 2.54 bits per heavy atom. The fourth-order valence-corrected chi connectivity index (χ4v) is 8.21. The number of fused-ring (bicyclic) bond motifs is 1. The second-order valence-electron chi connectivity index (χ2n) is 10.3. The first kappa shape index (κ1) is 31.8. The minimum absolute atomic E-state index is 0.0472. The number of nitrogens with one attached hydrogen (secondary N) is 2. The van der Waals surface area contributed by atoms with E-state index in [0.29, 0.717) is 18.7 Å². The van der Waals surface area contributed by atoms with Gasteiger partial charge in [-0.1, -0.05) is 67.4 Å². The molecule has 1 aromatic heterocycles. The molecule has 3 amide bonds. The van der Waals surface area contributed by atoms with Crippen LogP contribution < -0.4 is 10.6 Å². The Bertz CT molecular complexity index is 1290. The summed E-state index contributed by atoms with van der Waals surface area (Å²) >= 11 is 10.2. The monoisotopic (exact) mass is 730 g/mol. The van der Waals surface area contributed by atoms with Crippen LogP contribution in [0.5, 0.6) is 0 Å². The van der Waals surface area contributed by atoms with E-state index >= 15 is 0 Å². The van der Waals surface area contributed by atoms with Gasteiger partial charge in [-0.25, -0.2) is 9.48 Å². The van der Waals surface area contributed by atoms with Gasteiger partial charge >= 0.3 is 5.97 Å². The summed E-state index contributed by atoms with van der Waals surface area (Å²) in [5.74, 6) is -1.08. The van der Waals surface area contributed by atoms with Crippen LogP contribution in [0.15, 0.2) is 36.5 Å². The van der Waals surface area contributed by atoms with E-state index in [-0.39, 0.29) is 34.2 Å². The fourth-order valence-electron chi connectivity index (χ4n) is 4.80. The molecule has 0 spiro atoms. The number of rotatable bonds is 12. The van der Waals surface area contributed by atoms with Crippen molar-refractivity contribution < 1.29 is 23.9 Å². The van der Waals surface area contributed by atoms with Crippen molar-refractivity contribution in [3.8, 4) is 0 Å². The maximum Gasteiger partial charge on any atom is 0.328 e. The Labute approximate surface area is 263 Å². The number of nitrogens with zero attached hydrogens (tertiary/aromatic N) is 4. The molecule has 11 nitrogen and oxygen atoms in total. The smallest absolute Gasteiger partial charge is 0.328 e. The number of alkyl halides is 2. The molecular formula is C26H32Br2N6O5S2. The van der Waals surface area contributed by atoms with E-state index in [1.807, 2.05) is 41.5 Å². The molecule has 2 fully saturated rings. The number of ether oxygens (including phenoxy) is 1. The predicted molar refractivity (Wildman–Crippen MR) is 165 cm³/mol. The molecule has 2 aliphatic heterocycles. The van der Waals surface area contributed by atoms with Gasteiger partial charge in [0.05, 0.1) is 25.9 Å². The third-order valence-corrected chi connectivity index (χ3v) is 11.6. The van der Waals surface area contributed by atoms with Crippen LogP contribution in [-0.2, 0) is 32.1 Å². The molecule has 2 N–H and O–H groups in total. The Hall–Kier alpha value is -2.10. The van der Waals surface area contributed by atoms with Gasteiger partial charge in [0.2, 0.25) is 5.91 Å². The Morgan fingerprint density at radius 1 is 1.17 bits per heavy atom. The van der Waals surface area contributed by atoms with E-state index in [9.17, 15) is 19.2 Å². The van der Waals surface area contributed by atoms with Crippen molar-refractivity contribution in [1.82, 2.24) is 30.5 Å². The summed E-state index contributed by atoms with van der Waals surface area (Å²) in [6, 6.07) is 7.31. The largest absolute Gasteiger partial charge is 0.467 e. The molecular weight excluding hydrogens is 700 g/mol. The Morgan fingerprint density at radius 2 is 1.88 bits per heavy atom. The number of methoxy groups -OCH3 is 1. The van der Waals surface area contributed by atoms with E-state index in [0.717, 1.165) is 5.56 Å². The van der Waals surface area contributed by atoms with Gasteiger partial charge in [0.15, 0.2) is 8.93 Å². The highest BCUT2D eigenvalue weighted by atomic mass is 79.9. The zero-order chi connectivity index (χ0) is 29.9. The lowest BCUT2D eigenvalue weighted by Crippen LogP contribution is -2.67. The Balaban J connectivity index is 1.42. The van der Waals surface area contributed by atoms with Gasteiger partial charge in [-0.2, -0.15) is 11.8 Å². The average molecular weight is 733 g/mol. The lowest BCUT2D eigenvalue weighted by Gasteiger charge is -2.47. The first-order valence-electron chi connectivity index (χ1n) is 12.9. The minimum Gasteiger partial charge on any atom is -0.467 e. The third kappa shape index (κ3) is 6.94. The molecule has 4 atom stereocenters. The van der Waals surface area contributed by atoms with Gasteiger partial charge in [-0.3, -0.25) is 14.4 Å². The van der Waals surface area contributed by atoms with Gasteiger partial charge < -0.3 is 20.3 Å². The molecule has 2 saturated heterocycles. The van der Waals surface area contributed by atoms with Crippen LogP contribution in [0, 0.1) is 0 Å². The second kappa shape index (κ2) is 13.0. The standard InChI is InChI=1S/C26H32Br2N6O5S2/c1-25(2)19(34-23(38)26(27,28)24(34)41-25)14-33-13-18(31-32-33)21(36)29-16(10-11-40-4)20(35)30-17(22(37)39-3)12-15-8-6-5-7-9-15/h5-9,13,16-17,19,24H,10-12,14H2,1-4H3,(H,29,36)(H,30,35)/t16-,17-,19-,24+/m0/s1. The zero-order valence-electron chi connectivity index (χ0n) is 23.0. The van der Waals surface area contributed by atoms with Crippen LogP contribution in [0.4, 0.5) is 0 Å². The average Bonchev–Trinajstić information content (AvgIpc) is 3.52. The number of benzene rings is 1. The molecule has 2 aliphatic rings. The van der Waals surface area contributed by atoms with E-state index in [2.05, 4.69) is 66.7 Å². The maximum atomic E-state index is 13.3. The third-order valence-electron chi connectivity index (χ3n) is 7.08. The number of aromatic nitrogens is 3. The van der Waals surface area contributed by atoms with E-state index in [1.165, 1.54) is 25.1 Å². The maximum absolute atomic E-state index is 13.3. The molecule has 222 valence electrons. The summed E-state index contributed by atoms with van der Waals surface area (Å²) in [5.41, 5.74) is 0.906. The lowest BCUT2D eigenvalue weighted by atomic mass is 9.98. The highest BCUT2D eigenvalue weighted by Crippen LogP contribution is 2.60. The number of esters is 1. The first-order chi connectivity index (χ1) is 19.4. The lowest BCUT2D eigenvalue weighted by molar-refractivity contribution is -0.145. The number of hydrogen-bond acceptors (Lipinski definition) is 9. The number of carbonyl (C=O) groups is 4. The number of hydrogen-bond donors (Lipinski definition) is 2. The molecule has 0 radical (unpaired) electrons. The van der Waals surface area contributed by atoms with Gasteiger partial charge in [0.25, 0.3) is 11.8 Å².